The van der Waals surface area contributed by atoms with Crippen LogP contribution in [0.25, 0.3) is 0 Å². The number of anilines is 1. The molecule has 0 atom stereocenters. The number of alkyl halides is 3. The molecular formula is C12H13F3N2O2. The zero-order valence-corrected chi connectivity index (χ0v) is 9.96. The van der Waals surface area contributed by atoms with Gasteiger partial charge in [0.15, 0.2) is 5.75 Å². The van der Waals surface area contributed by atoms with E-state index in [1.54, 1.807) is 0 Å². The minimum atomic E-state index is -4.79. The molecule has 0 heterocycles. The number of carbonyl (C=O) groups excluding carboxylic acids is 1. The summed E-state index contributed by atoms with van der Waals surface area (Å²) < 4.78 is 40.4. The van der Waals surface area contributed by atoms with Gasteiger partial charge in [-0.2, -0.15) is 0 Å². The number of nitrogens with one attached hydrogen (secondary N) is 2. The summed E-state index contributed by atoms with van der Waals surface area (Å²) in [6, 6.07) is 4.99. The van der Waals surface area contributed by atoms with Crippen LogP contribution in [0.3, 0.4) is 0 Å². The van der Waals surface area contributed by atoms with E-state index in [1.165, 1.54) is 18.2 Å². The average Bonchev–Trinajstić information content (AvgIpc) is 2.24. The van der Waals surface area contributed by atoms with Gasteiger partial charge in [-0.25, -0.2) is 4.79 Å². The van der Waals surface area contributed by atoms with Crippen molar-refractivity contribution < 1.29 is 22.7 Å². The predicted octanol–water partition coefficient (Wildman–Crippen LogP) is 3.26. The van der Waals surface area contributed by atoms with Crippen molar-refractivity contribution in [3.05, 3.63) is 24.3 Å². The van der Waals surface area contributed by atoms with Crippen LogP contribution in [0.4, 0.5) is 23.7 Å². The van der Waals surface area contributed by atoms with Gasteiger partial charge in [-0.05, 0) is 31.4 Å². The van der Waals surface area contributed by atoms with Crippen LogP contribution in [0.5, 0.6) is 5.75 Å². The van der Waals surface area contributed by atoms with Crippen LogP contribution in [-0.2, 0) is 0 Å². The van der Waals surface area contributed by atoms with E-state index in [0.29, 0.717) is 0 Å². The first-order valence-electron chi connectivity index (χ1n) is 5.86. The molecular weight excluding hydrogens is 261 g/mol. The fourth-order valence-corrected chi connectivity index (χ4v) is 1.68. The van der Waals surface area contributed by atoms with Gasteiger partial charge in [-0.15, -0.1) is 13.2 Å². The van der Waals surface area contributed by atoms with Crippen molar-refractivity contribution in [2.45, 2.75) is 31.7 Å². The molecule has 7 heteroatoms. The van der Waals surface area contributed by atoms with Gasteiger partial charge < -0.3 is 15.4 Å². The van der Waals surface area contributed by atoms with Crippen molar-refractivity contribution in [2.75, 3.05) is 5.32 Å². The number of urea groups is 1. The number of ether oxygens (including phenoxy) is 1. The molecule has 0 radical (unpaired) electrons. The lowest BCUT2D eigenvalue weighted by molar-refractivity contribution is -0.274. The number of rotatable bonds is 3. The Kier molecular flexibility index (Phi) is 3.82. The topological polar surface area (TPSA) is 50.4 Å². The summed E-state index contributed by atoms with van der Waals surface area (Å²) in [5, 5.41) is 5.03. The molecule has 0 saturated heterocycles. The first-order valence-corrected chi connectivity index (χ1v) is 5.86. The van der Waals surface area contributed by atoms with Crippen molar-refractivity contribution >= 4 is 11.7 Å². The smallest absolute Gasteiger partial charge is 0.404 e. The van der Waals surface area contributed by atoms with E-state index in [-0.39, 0.29) is 11.7 Å². The third-order valence-electron chi connectivity index (χ3n) is 2.80. The van der Waals surface area contributed by atoms with Crippen LogP contribution in [-0.4, -0.2) is 18.4 Å². The number of halogens is 3. The second-order valence-corrected chi connectivity index (χ2v) is 4.27. The maximum absolute atomic E-state index is 12.2. The van der Waals surface area contributed by atoms with Gasteiger partial charge in [0.05, 0.1) is 5.69 Å². The molecule has 1 aliphatic rings. The molecule has 1 fully saturated rings. The number of carbonyl (C=O) groups is 1. The molecule has 104 valence electrons. The quantitative estimate of drug-likeness (QED) is 0.888. The van der Waals surface area contributed by atoms with E-state index in [0.717, 1.165) is 25.3 Å². The minimum absolute atomic E-state index is 0.0170. The van der Waals surface area contributed by atoms with Gasteiger partial charge in [0.25, 0.3) is 0 Å². The van der Waals surface area contributed by atoms with Crippen molar-refractivity contribution in [3.8, 4) is 5.75 Å². The summed E-state index contributed by atoms with van der Waals surface area (Å²) in [5.41, 5.74) is -0.0170. The van der Waals surface area contributed by atoms with Crippen molar-refractivity contribution in [3.63, 3.8) is 0 Å². The summed E-state index contributed by atoms with van der Waals surface area (Å²) in [5.74, 6) is -0.432. The molecule has 1 aromatic rings. The number of hydrogen-bond donors (Lipinski definition) is 2. The highest BCUT2D eigenvalue weighted by atomic mass is 19.4. The second-order valence-electron chi connectivity index (χ2n) is 4.27. The Morgan fingerprint density at radius 1 is 1.26 bits per heavy atom. The SMILES string of the molecule is O=C(Nc1ccccc1OC(F)(F)F)NC1CCC1. The zero-order valence-electron chi connectivity index (χ0n) is 9.96. The summed E-state index contributed by atoms with van der Waals surface area (Å²) >= 11 is 0. The highest BCUT2D eigenvalue weighted by Gasteiger charge is 2.32. The molecule has 0 aliphatic heterocycles. The summed E-state index contributed by atoms with van der Waals surface area (Å²) in [4.78, 5) is 11.6. The molecule has 1 aliphatic carbocycles. The zero-order chi connectivity index (χ0) is 13.9. The maximum atomic E-state index is 12.2. The van der Waals surface area contributed by atoms with Gasteiger partial charge in [-0.3, -0.25) is 0 Å². The predicted molar refractivity (Wildman–Crippen MR) is 62.9 cm³/mol. The molecule has 0 bridgehead atoms. The molecule has 2 N–H and O–H groups in total. The first kappa shape index (κ1) is 13.5. The second kappa shape index (κ2) is 5.38. The molecule has 0 unspecified atom stereocenters. The highest BCUT2D eigenvalue weighted by Crippen LogP contribution is 2.30. The van der Waals surface area contributed by atoms with E-state index in [1.807, 2.05) is 0 Å². The van der Waals surface area contributed by atoms with E-state index in [9.17, 15) is 18.0 Å². The van der Waals surface area contributed by atoms with Crippen LogP contribution < -0.4 is 15.4 Å². The Hall–Kier alpha value is -1.92. The number of benzene rings is 1. The Balaban J connectivity index is 2.00. The van der Waals surface area contributed by atoms with Crippen molar-refractivity contribution in [1.29, 1.82) is 0 Å². The highest BCUT2D eigenvalue weighted by molar-refractivity contribution is 5.91. The van der Waals surface area contributed by atoms with Crippen LogP contribution >= 0.6 is 0 Å². The number of hydrogen-bond acceptors (Lipinski definition) is 2. The standard InChI is InChI=1S/C12H13F3N2O2/c13-12(14,15)19-10-7-2-1-6-9(10)17-11(18)16-8-4-3-5-8/h1-2,6-8H,3-5H2,(H2,16,17,18). The molecule has 2 rings (SSSR count). The molecule has 19 heavy (non-hydrogen) atoms. The summed E-state index contributed by atoms with van der Waals surface area (Å²) in [6.45, 7) is 0. The lowest BCUT2D eigenvalue weighted by Crippen LogP contribution is -2.41. The van der Waals surface area contributed by atoms with E-state index in [4.69, 9.17) is 0 Å². The summed E-state index contributed by atoms with van der Waals surface area (Å²) in [7, 11) is 0. The Labute approximate surface area is 107 Å². The number of para-hydroxylation sites is 2. The van der Waals surface area contributed by atoms with Gasteiger partial charge in [0.1, 0.15) is 0 Å². The third kappa shape index (κ3) is 4.04. The third-order valence-corrected chi connectivity index (χ3v) is 2.80. The molecule has 4 nitrogen and oxygen atoms in total. The molecule has 1 saturated carbocycles. The van der Waals surface area contributed by atoms with Gasteiger partial charge >= 0.3 is 12.4 Å². The van der Waals surface area contributed by atoms with E-state index in [2.05, 4.69) is 15.4 Å². The van der Waals surface area contributed by atoms with Crippen LogP contribution in [0.15, 0.2) is 24.3 Å². The molecule has 1 aromatic carbocycles. The van der Waals surface area contributed by atoms with Crippen LogP contribution in [0.2, 0.25) is 0 Å². The Morgan fingerprint density at radius 3 is 2.53 bits per heavy atom. The molecule has 0 spiro atoms. The monoisotopic (exact) mass is 274 g/mol. The van der Waals surface area contributed by atoms with E-state index < -0.39 is 18.1 Å². The Morgan fingerprint density at radius 2 is 1.95 bits per heavy atom. The van der Waals surface area contributed by atoms with Crippen molar-refractivity contribution in [1.82, 2.24) is 5.32 Å². The summed E-state index contributed by atoms with van der Waals surface area (Å²) in [6.07, 6.45) is -1.94. The minimum Gasteiger partial charge on any atom is -0.404 e. The first-order chi connectivity index (χ1) is 8.94. The molecule has 2 amide bonds. The van der Waals surface area contributed by atoms with Crippen LogP contribution in [0, 0.1) is 0 Å². The van der Waals surface area contributed by atoms with Crippen molar-refractivity contribution in [2.24, 2.45) is 0 Å². The lowest BCUT2D eigenvalue weighted by Gasteiger charge is -2.26. The van der Waals surface area contributed by atoms with Gasteiger partial charge in [-0.1, -0.05) is 12.1 Å². The number of amides is 2. The lowest BCUT2D eigenvalue weighted by atomic mass is 9.93. The largest absolute Gasteiger partial charge is 0.573 e. The fourth-order valence-electron chi connectivity index (χ4n) is 1.68. The average molecular weight is 274 g/mol. The fraction of sp³-hybridized carbons (Fsp3) is 0.417. The van der Waals surface area contributed by atoms with E-state index >= 15 is 0 Å². The van der Waals surface area contributed by atoms with Gasteiger partial charge in [0.2, 0.25) is 0 Å². The maximum Gasteiger partial charge on any atom is 0.573 e. The van der Waals surface area contributed by atoms with Crippen LogP contribution in [0.1, 0.15) is 19.3 Å². The van der Waals surface area contributed by atoms with Gasteiger partial charge in [0, 0.05) is 6.04 Å². The molecule has 0 aromatic heterocycles. The Bertz CT molecular complexity index is 459. The normalized spacial score (nSPS) is 15.5.